The fourth-order valence-electron chi connectivity index (χ4n) is 7.59. The van der Waals surface area contributed by atoms with Gasteiger partial charge < -0.3 is 0 Å². The van der Waals surface area contributed by atoms with E-state index in [1.54, 1.807) is 0 Å². The average Bonchev–Trinajstić information content (AvgIpc) is 3.35. The molecule has 0 amide bonds. The highest BCUT2D eigenvalue weighted by molar-refractivity contribution is 5.83. The molecule has 0 spiro atoms. The summed E-state index contributed by atoms with van der Waals surface area (Å²) in [5, 5.41) is 0. The van der Waals surface area contributed by atoms with Crippen molar-refractivity contribution in [2.45, 2.75) is 0 Å². The van der Waals surface area contributed by atoms with Crippen molar-refractivity contribution in [3.63, 3.8) is 0 Å². The van der Waals surface area contributed by atoms with E-state index in [-0.39, 0.29) is 0 Å². The summed E-state index contributed by atoms with van der Waals surface area (Å²) in [7, 11) is 0. The summed E-state index contributed by atoms with van der Waals surface area (Å²) >= 11 is 0. The summed E-state index contributed by atoms with van der Waals surface area (Å²) in [6, 6.07) is 69.8. The first-order valence-electron chi connectivity index (χ1n) is 20.0. The van der Waals surface area contributed by atoms with Crippen LogP contribution >= 0.6 is 0 Å². The van der Waals surface area contributed by atoms with Gasteiger partial charge in [-0.25, -0.2) is 15.0 Å². The molecule has 0 bridgehead atoms. The van der Waals surface area contributed by atoms with Gasteiger partial charge in [-0.1, -0.05) is 140 Å². The van der Waals surface area contributed by atoms with Crippen LogP contribution in [-0.4, -0.2) is 24.9 Å². The molecule has 0 radical (unpaired) electrons. The van der Waals surface area contributed by atoms with Crippen LogP contribution in [0.1, 0.15) is 0 Å². The van der Waals surface area contributed by atoms with E-state index >= 15 is 0 Å². The Balaban J connectivity index is 1.14. The van der Waals surface area contributed by atoms with Crippen molar-refractivity contribution in [1.82, 2.24) is 24.9 Å². The SMILES string of the molecule is c1ccc(-c2ccc(-c3cc(-c4ccncc4)cc(-c4nc(-c5ccccc5)nc(-c5cc(-c6ccncc6)cc(-c6ccc(-c7ccccc7)cc6)c5)n4)c3)cc2)cc1. The van der Waals surface area contributed by atoms with Gasteiger partial charge >= 0.3 is 0 Å². The molecule has 5 heteroatoms. The second kappa shape index (κ2) is 16.4. The lowest BCUT2D eigenvalue weighted by Gasteiger charge is -2.14. The first kappa shape index (κ1) is 36.2. The summed E-state index contributed by atoms with van der Waals surface area (Å²) in [5.41, 5.74) is 15.9. The van der Waals surface area contributed by atoms with Crippen molar-refractivity contribution in [3.05, 3.63) is 225 Å². The van der Waals surface area contributed by atoms with Crippen LogP contribution in [0.25, 0.3) is 101 Å². The molecular formula is C55H37N5. The largest absolute Gasteiger partial charge is 0.265 e. The summed E-state index contributed by atoms with van der Waals surface area (Å²) in [6.07, 6.45) is 7.31. The molecule has 282 valence electrons. The predicted octanol–water partition coefficient (Wildman–Crippen LogP) is 13.7. The van der Waals surface area contributed by atoms with E-state index in [0.717, 1.165) is 61.2 Å². The van der Waals surface area contributed by atoms with Crippen LogP contribution < -0.4 is 0 Å². The van der Waals surface area contributed by atoms with Crippen LogP contribution in [0, 0.1) is 0 Å². The summed E-state index contributed by atoms with van der Waals surface area (Å²) < 4.78 is 0. The molecule has 0 aliphatic heterocycles. The number of benzene rings is 7. The lowest BCUT2D eigenvalue weighted by atomic mass is 9.94. The number of rotatable bonds is 9. The van der Waals surface area contributed by atoms with Crippen LogP contribution in [0.5, 0.6) is 0 Å². The van der Waals surface area contributed by atoms with Crippen LogP contribution in [0.2, 0.25) is 0 Å². The first-order chi connectivity index (χ1) is 29.7. The van der Waals surface area contributed by atoms with Crippen molar-refractivity contribution in [2.75, 3.05) is 0 Å². The van der Waals surface area contributed by atoms with Gasteiger partial charge in [0.2, 0.25) is 0 Å². The number of hydrogen-bond acceptors (Lipinski definition) is 5. The van der Waals surface area contributed by atoms with Crippen molar-refractivity contribution in [1.29, 1.82) is 0 Å². The van der Waals surface area contributed by atoms with E-state index in [2.05, 4.69) is 143 Å². The highest BCUT2D eigenvalue weighted by Crippen LogP contribution is 2.37. The van der Waals surface area contributed by atoms with Gasteiger partial charge in [-0.2, -0.15) is 0 Å². The van der Waals surface area contributed by atoms with Gasteiger partial charge in [0.1, 0.15) is 0 Å². The zero-order chi connectivity index (χ0) is 40.1. The molecule has 3 aromatic heterocycles. The molecule has 0 aliphatic carbocycles. The Hall–Kier alpha value is -8.15. The first-order valence-corrected chi connectivity index (χ1v) is 20.0. The molecule has 5 nitrogen and oxygen atoms in total. The Labute approximate surface area is 349 Å². The molecule has 0 fully saturated rings. The van der Waals surface area contributed by atoms with E-state index in [0.29, 0.717) is 17.5 Å². The molecule has 0 saturated heterocycles. The predicted molar refractivity (Wildman–Crippen MR) is 244 cm³/mol. The minimum absolute atomic E-state index is 0.583. The van der Waals surface area contributed by atoms with E-state index < -0.39 is 0 Å². The molecule has 3 heterocycles. The number of hydrogen-bond donors (Lipinski definition) is 0. The standard InChI is InChI=1S/C55H37N5/c1-4-10-38(11-5-1)40-16-20-42(21-17-40)47-32-49(44-24-28-56-29-25-44)36-51(34-47)54-58-53(46-14-8-3-9-15-46)59-55(60-54)52-35-48(33-50(37-52)45-26-30-57-31-27-45)43-22-18-41(19-23-43)39-12-6-2-7-13-39/h1-37H. The second-order valence-corrected chi connectivity index (χ2v) is 14.6. The van der Waals surface area contributed by atoms with Crippen molar-refractivity contribution in [3.8, 4) is 101 Å². The van der Waals surface area contributed by atoms with Crippen molar-refractivity contribution < 1.29 is 0 Å². The second-order valence-electron chi connectivity index (χ2n) is 14.6. The topological polar surface area (TPSA) is 64.5 Å². The summed E-state index contributed by atoms with van der Waals surface area (Å²) in [6.45, 7) is 0. The fourth-order valence-corrected chi connectivity index (χ4v) is 7.59. The maximum absolute atomic E-state index is 5.30. The lowest BCUT2D eigenvalue weighted by molar-refractivity contribution is 1.07. The van der Waals surface area contributed by atoms with E-state index in [4.69, 9.17) is 15.0 Å². The third-order valence-electron chi connectivity index (χ3n) is 10.7. The molecule has 0 saturated carbocycles. The van der Waals surface area contributed by atoms with Crippen LogP contribution in [0.15, 0.2) is 225 Å². The molecule has 60 heavy (non-hydrogen) atoms. The van der Waals surface area contributed by atoms with Crippen molar-refractivity contribution >= 4 is 0 Å². The van der Waals surface area contributed by atoms with Crippen LogP contribution in [-0.2, 0) is 0 Å². The van der Waals surface area contributed by atoms with E-state index in [9.17, 15) is 0 Å². The molecule has 7 aromatic carbocycles. The van der Waals surface area contributed by atoms with Gasteiger partial charge in [-0.3, -0.25) is 9.97 Å². The average molecular weight is 768 g/mol. The van der Waals surface area contributed by atoms with Gasteiger partial charge in [0.25, 0.3) is 0 Å². The van der Waals surface area contributed by atoms with Gasteiger partial charge in [0.05, 0.1) is 0 Å². The highest BCUT2D eigenvalue weighted by Gasteiger charge is 2.17. The van der Waals surface area contributed by atoms with Gasteiger partial charge in [0.15, 0.2) is 17.5 Å². The number of aromatic nitrogens is 5. The Morgan fingerprint density at radius 3 is 0.750 bits per heavy atom. The van der Waals surface area contributed by atoms with Gasteiger partial charge in [-0.05, 0) is 127 Å². The van der Waals surface area contributed by atoms with Crippen molar-refractivity contribution in [2.24, 2.45) is 0 Å². The van der Waals surface area contributed by atoms with E-state index in [1.165, 1.54) is 22.3 Å². The van der Waals surface area contributed by atoms with Gasteiger partial charge in [0, 0.05) is 41.5 Å². The Bertz CT molecular complexity index is 2840. The fraction of sp³-hybridized carbons (Fsp3) is 0. The molecular weight excluding hydrogens is 731 g/mol. The third kappa shape index (κ3) is 7.76. The molecule has 0 unspecified atom stereocenters. The highest BCUT2D eigenvalue weighted by atomic mass is 15.0. The lowest BCUT2D eigenvalue weighted by Crippen LogP contribution is -2.01. The number of pyridine rings is 2. The summed E-state index contributed by atoms with van der Waals surface area (Å²) in [4.78, 5) is 24.3. The van der Waals surface area contributed by atoms with Crippen LogP contribution in [0.3, 0.4) is 0 Å². The molecule has 10 rings (SSSR count). The Morgan fingerprint density at radius 1 is 0.183 bits per heavy atom. The normalized spacial score (nSPS) is 11.0. The molecule has 10 aromatic rings. The minimum atomic E-state index is 0.583. The third-order valence-corrected chi connectivity index (χ3v) is 10.7. The Morgan fingerprint density at radius 2 is 0.417 bits per heavy atom. The monoisotopic (exact) mass is 767 g/mol. The summed E-state index contributed by atoms with van der Waals surface area (Å²) in [5.74, 6) is 1.77. The maximum Gasteiger partial charge on any atom is 0.164 e. The van der Waals surface area contributed by atoms with Crippen LogP contribution in [0.4, 0.5) is 0 Å². The maximum atomic E-state index is 5.30. The van der Waals surface area contributed by atoms with Gasteiger partial charge in [-0.15, -0.1) is 0 Å². The quantitative estimate of drug-likeness (QED) is 0.146. The zero-order valence-electron chi connectivity index (χ0n) is 32.6. The molecule has 0 atom stereocenters. The zero-order valence-corrected chi connectivity index (χ0v) is 32.6. The number of nitrogens with zero attached hydrogens (tertiary/aromatic N) is 5. The Kier molecular flexibility index (Phi) is 9.88. The van der Waals surface area contributed by atoms with E-state index in [1.807, 2.05) is 91.5 Å². The molecule has 0 aliphatic rings. The molecule has 0 N–H and O–H groups in total. The minimum Gasteiger partial charge on any atom is -0.265 e. The smallest absolute Gasteiger partial charge is 0.164 e.